The Balaban J connectivity index is 1.60. The molecule has 0 bridgehead atoms. The first kappa shape index (κ1) is 19.6. The molecule has 2 aromatic heterocycles. The molecule has 1 aliphatic rings. The Morgan fingerprint density at radius 1 is 1.20 bits per heavy atom. The third-order valence-electron chi connectivity index (χ3n) is 5.12. The summed E-state index contributed by atoms with van der Waals surface area (Å²) in [7, 11) is 0. The maximum absolute atomic E-state index is 12.5. The van der Waals surface area contributed by atoms with E-state index in [0.717, 1.165) is 24.9 Å². The second kappa shape index (κ2) is 7.96. The third kappa shape index (κ3) is 3.74. The van der Waals surface area contributed by atoms with Crippen LogP contribution in [0, 0.1) is 6.92 Å². The minimum atomic E-state index is -0.656. The highest BCUT2D eigenvalue weighted by molar-refractivity contribution is 6.04. The summed E-state index contributed by atoms with van der Waals surface area (Å²) in [4.78, 5) is 33.3. The highest BCUT2D eigenvalue weighted by Crippen LogP contribution is 2.29. The quantitative estimate of drug-likeness (QED) is 0.477. The Morgan fingerprint density at radius 2 is 1.97 bits per heavy atom. The van der Waals surface area contributed by atoms with Gasteiger partial charge in [-0.15, -0.1) is 0 Å². The number of primary amides is 1. The smallest absolute Gasteiger partial charge is 0.269 e. The number of aryl methyl sites for hydroxylation is 1. The van der Waals surface area contributed by atoms with Crippen molar-refractivity contribution in [2.24, 2.45) is 5.73 Å². The molecule has 2 amide bonds. The van der Waals surface area contributed by atoms with Gasteiger partial charge in [-0.05, 0) is 50.1 Å². The van der Waals surface area contributed by atoms with Crippen LogP contribution in [0.1, 0.15) is 51.1 Å². The first-order valence-electron chi connectivity index (χ1n) is 9.69. The van der Waals surface area contributed by atoms with Crippen LogP contribution in [-0.4, -0.2) is 33.0 Å². The number of aromatic nitrogens is 3. The second-order valence-electron chi connectivity index (χ2n) is 7.30. The fourth-order valence-electron chi connectivity index (χ4n) is 3.55. The zero-order valence-corrected chi connectivity index (χ0v) is 16.6. The van der Waals surface area contributed by atoms with Gasteiger partial charge in [-0.2, -0.15) is 0 Å². The summed E-state index contributed by atoms with van der Waals surface area (Å²) >= 11 is 0. The molecule has 0 radical (unpaired) electrons. The van der Waals surface area contributed by atoms with Gasteiger partial charge in [0.05, 0.1) is 6.04 Å². The van der Waals surface area contributed by atoms with Gasteiger partial charge in [-0.1, -0.05) is 18.2 Å². The first-order valence-corrected chi connectivity index (χ1v) is 9.69. The fraction of sp³-hybridized carbons (Fsp3) is 0.238. The number of benzene rings is 1. The predicted octanol–water partition coefficient (Wildman–Crippen LogP) is 1.74. The van der Waals surface area contributed by atoms with E-state index in [2.05, 4.69) is 20.6 Å². The van der Waals surface area contributed by atoms with Gasteiger partial charge in [0.1, 0.15) is 17.3 Å². The Kier molecular flexibility index (Phi) is 5.20. The van der Waals surface area contributed by atoms with E-state index in [-0.39, 0.29) is 17.6 Å². The minimum Gasteiger partial charge on any atom is -0.364 e. The Labute approximate surface area is 173 Å². The topological polar surface area (TPSA) is 141 Å². The van der Waals surface area contributed by atoms with Crippen LogP contribution in [-0.2, 0) is 0 Å². The average Bonchev–Trinajstić information content (AvgIpc) is 3.37. The fourth-order valence-corrected chi connectivity index (χ4v) is 3.55. The van der Waals surface area contributed by atoms with Gasteiger partial charge >= 0.3 is 0 Å². The number of nitrogen functional groups attached to an aromatic ring is 1. The molecular weight excluding hydrogens is 382 g/mol. The maximum atomic E-state index is 12.5. The number of carbonyl (C=O) groups is 2. The van der Waals surface area contributed by atoms with E-state index in [1.54, 1.807) is 36.5 Å². The van der Waals surface area contributed by atoms with Crippen molar-refractivity contribution in [1.82, 2.24) is 20.0 Å². The largest absolute Gasteiger partial charge is 0.364 e. The molecule has 1 aromatic carbocycles. The van der Waals surface area contributed by atoms with Crippen molar-refractivity contribution >= 4 is 17.6 Å². The Hall–Kier alpha value is -3.72. The van der Waals surface area contributed by atoms with Crippen LogP contribution < -0.4 is 22.2 Å². The molecule has 1 atom stereocenters. The van der Waals surface area contributed by atoms with Crippen molar-refractivity contribution in [2.45, 2.75) is 25.8 Å². The lowest BCUT2D eigenvalue weighted by Gasteiger charge is -2.09. The van der Waals surface area contributed by atoms with E-state index >= 15 is 0 Å². The molecule has 6 N–H and O–H groups in total. The number of hydrogen-bond acceptors (Lipinski definition) is 6. The van der Waals surface area contributed by atoms with Gasteiger partial charge in [0, 0.05) is 17.3 Å². The monoisotopic (exact) mass is 405 g/mol. The maximum Gasteiger partial charge on any atom is 0.269 e. The van der Waals surface area contributed by atoms with E-state index in [4.69, 9.17) is 11.6 Å². The van der Waals surface area contributed by atoms with Crippen LogP contribution in [0.5, 0.6) is 0 Å². The lowest BCUT2D eigenvalue weighted by molar-refractivity contribution is 0.0991. The number of anilines is 1. The third-order valence-corrected chi connectivity index (χ3v) is 5.12. The summed E-state index contributed by atoms with van der Waals surface area (Å²) in [5.74, 6) is 6.25. The molecule has 1 unspecified atom stereocenters. The molecule has 0 aliphatic carbocycles. The number of hydrogen-bond donors (Lipinski definition) is 4. The zero-order chi connectivity index (χ0) is 21.3. The van der Waals surface area contributed by atoms with E-state index < -0.39 is 5.91 Å². The van der Waals surface area contributed by atoms with Crippen molar-refractivity contribution in [2.75, 3.05) is 17.7 Å². The molecule has 4 rings (SSSR count). The molecule has 3 aromatic rings. The highest BCUT2D eigenvalue weighted by atomic mass is 16.2. The number of carbonyl (C=O) groups excluding carboxylic acids is 2. The van der Waals surface area contributed by atoms with E-state index in [9.17, 15) is 9.59 Å². The van der Waals surface area contributed by atoms with Crippen LogP contribution in [0.3, 0.4) is 0 Å². The number of amides is 2. The van der Waals surface area contributed by atoms with Crippen LogP contribution in [0.25, 0.3) is 11.3 Å². The van der Waals surface area contributed by atoms with Crippen molar-refractivity contribution in [3.05, 3.63) is 65.2 Å². The summed E-state index contributed by atoms with van der Waals surface area (Å²) in [6.45, 7) is 2.80. The summed E-state index contributed by atoms with van der Waals surface area (Å²) in [5.41, 5.74) is 8.22. The van der Waals surface area contributed by atoms with Crippen molar-refractivity contribution in [1.29, 1.82) is 0 Å². The van der Waals surface area contributed by atoms with Crippen molar-refractivity contribution in [3.63, 3.8) is 0 Å². The van der Waals surface area contributed by atoms with Crippen molar-refractivity contribution < 1.29 is 9.59 Å². The van der Waals surface area contributed by atoms with Gasteiger partial charge in [-0.25, -0.2) is 14.6 Å². The number of nitrogens with one attached hydrogen (secondary N) is 2. The van der Waals surface area contributed by atoms with Gasteiger partial charge in [0.25, 0.3) is 11.8 Å². The number of rotatable bonds is 5. The molecule has 9 nitrogen and oxygen atoms in total. The second-order valence-corrected chi connectivity index (χ2v) is 7.30. The van der Waals surface area contributed by atoms with Crippen LogP contribution >= 0.6 is 0 Å². The molecule has 3 heterocycles. The number of nitrogens with zero attached hydrogens (tertiary/aromatic N) is 3. The van der Waals surface area contributed by atoms with E-state index in [1.807, 2.05) is 13.0 Å². The minimum absolute atomic E-state index is 0.0195. The molecule has 154 valence electrons. The molecule has 1 fully saturated rings. The average molecular weight is 405 g/mol. The number of imidazole rings is 1. The standard InChI is InChI=1S/C21H23N7O2/c1-12-4-9-16(25-11-12)26-21(30)14-7-5-13(6-8-14)17-18(19(22)29)28(23)20(27-17)15-3-2-10-24-15/h4-9,11,15,24H,2-3,10,23H2,1H3,(H2,22,29)(H,25,26,30). The normalized spacial score (nSPS) is 15.8. The van der Waals surface area contributed by atoms with E-state index in [1.165, 1.54) is 4.68 Å². The molecule has 1 saturated heterocycles. The van der Waals surface area contributed by atoms with E-state index in [0.29, 0.717) is 28.5 Å². The Morgan fingerprint density at radius 3 is 2.57 bits per heavy atom. The molecule has 9 heteroatoms. The number of nitrogens with two attached hydrogens (primary N) is 2. The lowest BCUT2D eigenvalue weighted by atomic mass is 10.1. The number of pyridine rings is 1. The SMILES string of the molecule is Cc1ccc(NC(=O)c2ccc(-c3nc(C4CCCN4)n(N)c3C(N)=O)cc2)nc1. The summed E-state index contributed by atoms with van der Waals surface area (Å²) in [6, 6.07) is 10.4. The Bertz CT molecular complexity index is 1080. The molecule has 30 heavy (non-hydrogen) atoms. The van der Waals surface area contributed by atoms with Gasteiger partial charge < -0.3 is 22.2 Å². The van der Waals surface area contributed by atoms with Crippen molar-refractivity contribution in [3.8, 4) is 11.3 Å². The summed E-state index contributed by atoms with van der Waals surface area (Å²) in [5, 5.41) is 6.07. The van der Waals surface area contributed by atoms with Gasteiger partial charge in [-0.3, -0.25) is 9.59 Å². The first-order chi connectivity index (χ1) is 14.4. The summed E-state index contributed by atoms with van der Waals surface area (Å²) in [6.07, 6.45) is 3.58. The predicted molar refractivity (Wildman–Crippen MR) is 113 cm³/mol. The molecule has 0 saturated carbocycles. The van der Waals surface area contributed by atoms with Crippen LogP contribution in [0.15, 0.2) is 42.6 Å². The summed E-state index contributed by atoms with van der Waals surface area (Å²) < 4.78 is 1.27. The molecular formula is C21H23N7O2. The lowest BCUT2D eigenvalue weighted by Crippen LogP contribution is -2.27. The molecule has 0 spiro atoms. The molecule has 1 aliphatic heterocycles. The van der Waals surface area contributed by atoms with Gasteiger partial charge in [0.2, 0.25) is 0 Å². The van der Waals surface area contributed by atoms with Crippen LogP contribution in [0.4, 0.5) is 5.82 Å². The van der Waals surface area contributed by atoms with Gasteiger partial charge in [0.15, 0.2) is 5.69 Å². The highest BCUT2D eigenvalue weighted by Gasteiger charge is 2.27. The zero-order valence-electron chi connectivity index (χ0n) is 16.6. The van der Waals surface area contributed by atoms with Crippen LogP contribution in [0.2, 0.25) is 0 Å².